The average molecular weight is 271 g/mol. The maximum absolute atomic E-state index is 12.1. The first kappa shape index (κ1) is 16.0. The highest BCUT2D eigenvalue weighted by atomic mass is 16.5. The molecule has 1 atom stereocenters. The van der Waals surface area contributed by atoms with Gasteiger partial charge in [0.25, 0.3) is 5.91 Å². The summed E-state index contributed by atoms with van der Waals surface area (Å²) in [5, 5.41) is 8.93. The summed E-state index contributed by atoms with van der Waals surface area (Å²) in [5.41, 5.74) is 0. The Morgan fingerprint density at radius 1 is 1.21 bits per heavy atom. The molecule has 1 N–H and O–H groups in total. The van der Waals surface area contributed by atoms with E-state index in [0.717, 1.165) is 12.8 Å². The van der Waals surface area contributed by atoms with Crippen molar-refractivity contribution in [2.45, 2.75) is 58.7 Å². The summed E-state index contributed by atoms with van der Waals surface area (Å²) in [4.78, 5) is 24.7. The number of hydrogen-bond acceptors (Lipinski definition) is 3. The number of nitrogens with zero attached hydrogens (tertiary/aromatic N) is 1. The Kier molecular flexibility index (Phi) is 6.28. The van der Waals surface area contributed by atoms with Crippen LogP contribution in [0.2, 0.25) is 0 Å². The molecule has 19 heavy (non-hydrogen) atoms. The van der Waals surface area contributed by atoms with Gasteiger partial charge in [0, 0.05) is 13.1 Å². The van der Waals surface area contributed by atoms with Crippen LogP contribution in [-0.4, -0.2) is 47.2 Å². The van der Waals surface area contributed by atoms with E-state index in [4.69, 9.17) is 9.84 Å². The molecule has 0 bridgehead atoms. The van der Waals surface area contributed by atoms with Crippen LogP contribution >= 0.6 is 0 Å². The third-order valence-corrected chi connectivity index (χ3v) is 3.84. The van der Waals surface area contributed by atoms with E-state index in [0.29, 0.717) is 25.9 Å². The van der Waals surface area contributed by atoms with Gasteiger partial charge in [0.2, 0.25) is 0 Å². The minimum Gasteiger partial charge on any atom is -0.481 e. The van der Waals surface area contributed by atoms with Crippen LogP contribution in [0, 0.1) is 5.92 Å². The molecule has 1 fully saturated rings. The maximum Gasteiger partial charge on any atom is 0.306 e. The highest BCUT2D eigenvalue weighted by Gasteiger charge is 2.29. The van der Waals surface area contributed by atoms with E-state index >= 15 is 0 Å². The van der Waals surface area contributed by atoms with Crippen LogP contribution in [0.1, 0.15) is 46.5 Å². The second-order valence-electron chi connectivity index (χ2n) is 5.10. The Morgan fingerprint density at radius 2 is 1.74 bits per heavy atom. The van der Waals surface area contributed by atoms with Gasteiger partial charge in [-0.05, 0) is 46.5 Å². The number of carboxylic acids is 1. The Bertz CT molecular complexity index is 307. The number of aliphatic carboxylic acids is 1. The summed E-state index contributed by atoms with van der Waals surface area (Å²) in [6, 6.07) is 0. The summed E-state index contributed by atoms with van der Waals surface area (Å²) in [5.74, 6) is -0.940. The van der Waals surface area contributed by atoms with E-state index in [1.54, 1.807) is 11.8 Å². The Labute approximate surface area is 114 Å². The first-order chi connectivity index (χ1) is 8.99. The van der Waals surface area contributed by atoms with Gasteiger partial charge in [0.15, 0.2) is 0 Å². The van der Waals surface area contributed by atoms with Gasteiger partial charge in [0.05, 0.1) is 12.0 Å². The summed E-state index contributed by atoms with van der Waals surface area (Å²) < 4.78 is 5.78. The van der Waals surface area contributed by atoms with Crippen LogP contribution in [-0.2, 0) is 14.3 Å². The smallest absolute Gasteiger partial charge is 0.306 e. The number of likely N-dealkylation sites (N-methyl/N-ethyl adjacent to an activating group) is 1. The standard InChI is InChI=1S/C14H25NO4/c1-4-15(5-2)13(16)10(3)19-12-8-6-11(7-9-12)14(17)18/h10-12H,4-9H2,1-3H3,(H,17,18). The lowest BCUT2D eigenvalue weighted by Crippen LogP contribution is -2.41. The molecule has 0 heterocycles. The van der Waals surface area contributed by atoms with Crippen LogP contribution in [0.5, 0.6) is 0 Å². The lowest BCUT2D eigenvalue weighted by Gasteiger charge is -2.30. The zero-order valence-electron chi connectivity index (χ0n) is 12.1. The zero-order chi connectivity index (χ0) is 14.4. The van der Waals surface area contributed by atoms with Crippen molar-refractivity contribution in [1.82, 2.24) is 4.90 Å². The molecular formula is C14H25NO4. The molecule has 1 amide bonds. The minimum atomic E-state index is -0.717. The number of carbonyl (C=O) groups excluding carboxylic acids is 1. The Balaban J connectivity index is 2.40. The molecule has 0 radical (unpaired) electrons. The molecule has 0 aliphatic heterocycles. The van der Waals surface area contributed by atoms with Crippen LogP contribution in [0.4, 0.5) is 0 Å². The summed E-state index contributed by atoms with van der Waals surface area (Å²) in [6.45, 7) is 7.06. The topological polar surface area (TPSA) is 66.8 Å². The number of carboxylic acid groups (broad SMARTS) is 1. The van der Waals surface area contributed by atoms with Crippen LogP contribution in [0.15, 0.2) is 0 Å². The predicted octanol–water partition coefficient (Wildman–Crippen LogP) is 1.90. The highest BCUT2D eigenvalue weighted by molar-refractivity contribution is 5.80. The van der Waals surface area contributed by atoms with E-state index in [-0.39, 0.29) is 17.9 Å². The fraction of sp³-hybridized carbons (Fsp3) is 0.857. The third kappa shape index (κ3) is 4.49. The van der Waals surface area contributed by atoms with Crippen molar-refractivity contribution in [3.8, 4) is 0 Å². The number of rotatable bonds is 6. The number of ether oxygens (including phenoxy) is 1. The van der Waals surface area contributed by atoms with E-state index in [9.17, 15) is 9.59 Å². The summed E-state index contributed by atoms with van der Waals surface area (Å²) in [6.07, 6.45) is 2.33. The fourth-order valence-corrected chi connectivity index (χ4v) is 2.59. The first-order valence-corrected chi connectivity index (χ1v) is 7.16. The minimum absolute atomic E-state index is 0.0186. The first-order valence-electron chi connectivity index (χ1n) is 7.16. The van der Waals surface area contributed by atoms with Gasteiger partial charge in [-0.25, -0.2) is 0 Å². The number of hydrogen-bond donors (Lipinski definition) is 1. The fourth-order valence-electron chi connectivity index (χ4n) is 2.59. The van der Waals surface area contributed by atoms with Crippen LogP contribution in [0.3, 0.4) is 0 Å². The van der Waals surface area contributed by atoms with Gasteiger partial charge in [-0.15, -0.1) is 0 Å². The van der Waals surface area contributed by atoms with E-state index < -0.39 is 12.1 Å². The monoisotopic (exact) mass is 271 g/mol. The molecule has 1 aliphatic rings. The molecule has 5 heteroatoms. The highest BCUT2D eigenvalue weighted by Crippen LogP contribution is 2.27. The lowest BCUT2D eigenvalue weighted by atomic mass is 9.87. The summed E-state index contributed by atoms with van der Waals surface area (Å²) in [7, 11) is 0. The average Bonchev–Trinajstić information content (AvgIpc) is 2.40. The van der Waals surface area contributed by atoms with Crippen LogP contribution in [0.25, 0.3) is 0 Å². The quantitative estimate of drug-likeness (QED) is 0.801. The van der Waals surface area contributed by atoms with Gasteiger partial charge < -0.3 is 14.7 Å². The second kappa shape index (κ2) is 7.48. The van der Waals surface area contributed by atoms with Crippen molar-refractivity contribution in [2.24, 2.45) is 5.92 Å². The van der Waals surface area contributed by atoms with E-state index in [1.807, 2.05) is 13.8 Å². The lowest BCUT2D eigenvalue weighted by molar-refractivity contribution is -0.150. The van der Waals surface area contributed by atoms with E-state index in [2.05, 4.69) is 0 Å². The third-order valence-electron chi connectivity index (χ3n) is 3.84. The molecule has 0 spiro atoms. The molecule has 110 valence electrons. The largest absolute Gasteiger partial charge is 0.481 e. The van der Waals surface area contributed by atoms with Crippen molar-refractivity contribution in [3.05, 3.63) is 0 Å². The molecule has 0 aromatic carbocycles. The van der Waals surface area contributed by atoms with Crippen molar-refractivity contribution in [2.75, 3.05) is 13.1 Å². The van der Waals surface area contributed by atoms with Crippen LogP contribution < -0.4 is 0 Å². The summed E-state index contributed by atoms with van der Waals surface area (Å²) >= 11 is 0. The molecule has 1 saturated carbocycles. The van der Waals surface area contributed by atoms with Gasteiger partial charge >= 0.3 is 5.97 Å². The molecule has 0 aromatic heterocycles. The van der Waals surface area contributed by atoms with Gasteiger partial charge in [0.1, 0.15) is 6.10 Å². The number of amides is 1. The van der Waals surface area contributed by atoms with Gasteiger partial charge in [-0.3, -0.25) is 9.59 Å². The molecule has 1 unspecified atom stereocenters. The Hall–Kier alpha value is -1.10. The van der Waals surface area contributed by atoms with Gasteiger partial charge in [-0.2, -0.15) is 0 Å². The molecule has 1 rings (SSSR count). The zero-order valence-corrected chi connectivity index (χ0v) is 12.1. The Morgan fingerprint density at radius 3 is 2.16 bits per heavy atom. The van der Waals surface area contributed by atoms with Crippen molar-refractivity contribution in [1.29, 1.82) is 0 Å². The SMILES string of the molecule is CCN(CC)C(=O)C(C)OC1CCC(C(=O)O)CC1. The second-order valence-corrected chi connectivity index (χ2v) is 5.10. The molecular weight excluding hydrogens is 246 g/mol. The maximum atomic E-state index is 12.1. The normalized spacial score (nSPS) is 24.8. The number of carbonyl (C=O) groups is 2. The molecule has 1 aliphatic carbocycles. The molecule has 5 nitrogen and oxygen atoms in total. The van der Waals surface area contributed by atoms with E-state index in [1.165, 1.54) is 0 Å². The molecule has 0 aromatic rings. The predicted molar refractivity (Wildman–Crippen MR) is 71.9 cm³/mol. The van der Waals surface area contributed by atoms with Crippen molar-refractivity contribution < 1.29 is 19.4 Å². The molecule has 0 saturated heterocycles. The van der Waals surface area contributed by atoms with Crippen molar-refractivity contribution in [3.63, 3.8) is 0 Å². The van der Waals surface area contributed by atoms with Gasteiger partial charge in [-0.1, -0.05) is 0 Å². The van der Waals surface area contributed by atoms with Crippen molar-refractivity contribution >= 4 is 11.9 Å².